The second-order valence-corrected chi connectivity index (χ2v) is 5.95. The summed E-state index contributed by atoms with van der Waals surface area (Å²) in [5.74, 6) is 0.196. The molecule has 0 atom stereocenters. The monoisotopic (exact) mass is 293 g/mol. The summed E-state index contributed by atoms with van der Waals surface area (Å²) in [7, 11) is 3.63. The molecule has 1 amide bonds. The third kappa shape index (κ3) is 5.47. The highest BCUT2D eigenvalue weighted by molar-refractivity contribution is 5.77. The first kappa shape index (κ1) is 16.0. The molecule has 0 unspecified atom stereocenters. The van der Waals surface area contributed by atoms with E-state index >= 15 is 0 Å². The zero-order chi connectivity index (χ0) is 15.1. The molecular weight excluding hydrogens is 266 g/mol. The van der Waals surface area contributed by atoms with Gasteiger partial charge in [0, 0.05) is 52.2 Å². The van der Waals surface area contributed by atoms with Crippen molar-refractivity contribution < 1.29 is 4.79 Å². The van der Waals surface area contributed by atoms with E-state index in [9.17, 15) is 4.79 Å². The molecule has 0 saturated carbocycles. The van der Waals surface area contributed by atoms with Gasteiger partial charge in [0.1, 0.15) is 0 Å². The van der Waals surface area contributed by atoms with Gasteiger partial charge in [-0.1, -0.05) is 0 Å². The molecule has 21 heavy (non-hydrogen) atoms. The zero-order valence-corrected chi connectivity index (χ0v) is 13.2. The number of carbonyl (C=O) groups excluding carboxylic acids is 1. The largest absolute Gasteiger partial charge is 0.348 e. The molecule has 0 aliphatic carbocycles. The van der Waals surface area contributed by atoms with Gasteiger partial charge in [-0.3, -0.25) is 9.69 Å². The summed E-state index contributed by atoms with van der Waals surface area (Å²) < 4.78 is 2.11. The Morgan fingerprint density at radius 3 is 2.76 bits per heavy atom. The van der Waals surface area contributed by atoms with Crippen LogP contribution in [0.2, 0.25) is 0 Å². The Morgan fingerprint density at radius 1 is 1.38 bits per heavy atom. The SMILES string of the molecule is CN(C)C(=O)CN1CCC(NCCCn2ccnc2)CC1. The van der Waals surface area contributed by atoms with Crippen molar-refractivity contribution in [2.45, 2.75) is 31.8 Å². The van der Waals surface area contributed by atoms with Crippen LogP contribution in [0.3, 0.4) is 0 Å². The smallest absolute Gasteiger partial charge is 0.236 e. The van der Waals surface area contributed by atoms with Crippen LogP contribution in [0, 0.1) is 0 Å². The summed E-state index contributed by atoms with van der Waals surface area (Å²) in [5, 5.41) is 3.62. The van der Waals surface area contributed by atoms with E-state index in [0.717, 1.165) is 45.4 Å². The second kappa shape index (κ2) is 8.14. The zero-order valence-electron chi connectivity index (χ0n) is 13.2. The first-order valence-electron chi connectivity index (χ1n) is 7.77. The molecule has 6 heteroatoms. The molecule has 2 rings (SSSR count). The fourth-order valence-electron chi connectivity index (χ4n) is 2.61. The first-order valence-corrected chi connectivity index (χ1v) is 7.77. The number of hydrogen-bond donors (Lipinski definition) is 1. The lowest BCUT2D eigenvalue weighted by Gasteiger charge is -2.32. The maximum atomic E-state index is 11.7. The highest BCUT2D eigenvalue weighted by atomic mass is 16.2. The molecule has 1 aliphatic rings. The van der Waals surface area contributed by atoms with Crippen molar-refractivity contribution in [2.24, 2.45) is 0 Å². The van der Waals surface area contributed by atoms with Crippen molar-refractivity contribution >= 4 is 5.91 Å². The third-order valence-corrected chi connectivity index (χ3v) is 4.03. The Kier molecular flexibility index (Phi) is 6.20. The van der Waals surface area contributed by atoms with E-state index in [1.54, 1.807) is 4.90 Å². The topological polar surface area (TPSA) is 53.4 Å². The van der Waals surface area contributed by atoms with Gasteiger partial charge in [-0.05, 0) is 25.8 Å². The number of rotatable bonds is 7. The predicted molar refractivity (Wildman–Crippen MR) is 83.0 cm³/mol. The number of hydrogen-bond acceptors (Lipinski definition) is 4. The molecule has 1 aliphatic heterocycles. The Balaban J connectivity index is 1.55. The number of aromatic nitrogens is 2. The van der Waals surface area contributed by atoms with Crippen molar-refractivity contribution in [3.63, 3.8) is 0 Å². The van der Waals surface area contributed by atoms with E-state index in [2.05, 4.69) is 19.8 Å². The maximum Gasteiger partial charge on any atom is 0.236 e. The van der Waals surface area contributed by atoms with Crippen LogP contribution in [0.1, 0.15) is 19.3 Å². The number of nitrogens with one attached hydrogen (secondary N) is 1. The summed E-state index contributed by atoms with van der Waals surface area (Å²) in [6.07, 6.45) is 9.06. The van der Waals surface area contributed by atoms with Gasteiger partial charge in [0.05, 0.1) is 12.9 Å². The Labute approximate surface area is 127 Å². The second-order valence-electron chi connectivity index (χ2n) is 5.95. The van der Waals surface area contributed by atoms with E-state index in [-0.39, 0.29) is 5.91 Å². The molecule has 1 aromatic rings. The van der Waals surface area contributed by atoms with Gasteiger partial charge in [-0.25, -0.2) is 4.98 Å². The lowest BCUT2D eigenvalue weighted by Crippen LogP contribution is -2.46. The molecule has 1 N–H and O–H groups in total. The lowest BCUT2D eigenvalue weighted by molar-refractivity contribution is -0.130. The van der Waals surface area contributed by atoms with Crippen LogP contribution < -0.4 is 5.32 Å². The molecular formula is C15H27N5O. The molecule has 1 aromatic heterocycles. The van der Waals surface area contributed by atoms with Crippen LogP contribution >= 0.6 is 0 Å². The van der Waals surface area contributed by atoms with Crippen LogP contribution in [0.4, 0.5) is 0 Å². The minimum Gasteiger partial charge on any atom is -0.348 e. The normalized spacial score (nSPS) is 17.0. The molecule has 1 fully saturated rings. The van der Waals surface area contributed by atoms with Crippen molar-refractivity contribution in [2.75, 3.05) is 40.3 Å². The van der Waals surface area contributed by atoms with Crippen LogP contribution in [0.15, 0.2) is 18.7 Å². The van der Waals surface area contributed by atoms with Gasteiger partial charge in [0.15, 0.2) is 0 Å². The van der Waals surface area contributed by atoms with Crippen molar-refractivity contribution in [1.29, 1.82) is 0 Å². The van der Waals surface area contributed by atoms with Crippen LogP contribution in [-0.4, -0.2) is 71.6 Å². The average Bonchev–Trinajstić information content (AvgIpc) is 2.98. The molecule has 118 valence electrons. The minimum absolute atomic E-state index is 0.196. The molecule has 0 spiro atoms. The van der Waals surface area contributed by atoms with Gasteiger partial charge in [-0.2, -0.15) is 0 Å². The van der Waals surface area contributed by atoms with E-state index in [1.807, 2.05) is 32.8 Å². The van der Waals surface area contributed by atoms with Crippen LogP contribution in [-0.2, 0) is 11.3 Å². The minimum atomic E-state index is 0.196. The van der Waals surface area contributed by atoms with Crippen molar-refractivity contribution in [1.82, 2.24) is 24.7 Å². The van der Waals surface area contributed by atoms with Gasteiger partial charge in [-0.15, -0.1) is 0 Å². The highest BCUT2D eigenvalue weighted by Crippen LogP contribution is 2.10. The van der Waals surface area contributed by atoms with Crippen LogP contribution in [0.25, 0.3) is 0 Å². The summed E-state index contributed by atoms with van der Waals surface area (Å²) >= 11 is 0. The number of likely N-dealkylation sites (N-methyl/N-ethyl adjacent to an activating group) is 1. The molecule has 0 radical (unpaired) electrons. The van der Waals surface area contributed by atoms with E-state index < -0.39 is 0 Å². The first-order chi connectivity index (χ1) is 10.1. The number of carbonyl (C=O) groups is 1. The molecule has 0 aromatic carbocycles. The molecule has 6 nitrogen and oxygen atoms in total. The Morgan fingerprint density at radius 2 is 2.14 bits per heavy atom. The fraction of sp³-hybridized carbons (Fsp3) is 0.733. The Bertz CT molecular complexity index is 410. The number of amides is 1. The summed E-state index contributed by atoms with van der Waals surface area (Å²) in [4.78, 5) is 19.6. The fourth-order valence-corrected chi connectivity index (χ4v) is 2.61. The van der Waals surface area contributed by atoms with Crippen molar-refractivity contribution in [3.8, 4) is 0 Å². The quantitative estimate of drug-likeness (QED) is 0.740. The number of aryl methyl sites for hydroxylation is 1. The number of nitrogens with zero attached hydrogens (tertiary/aromatic N) is 4. The van der Waals surface area contributed by atoms with E-state index in [4.69, 9.17) is 0 Å². The number of imidazole rings is 1. The van der Waals surface area contributed by atoms with Gasteiger partial charge >= 0.3 is 0 Å². The van der Waals surface area contributed by atoms with Gasteiger partial charge in [0.2, 0.25) is 5.91 Å². The van der Waals surface area contributed by atoms with E-state index in [0.29, 0.717) is 12.6 Å². The number of piperidine rings is 1. The van der Waals surface area contributed by atoms with Gasteiger partial charge < -0.3 is 14.8 Å². The molecule has 0 bridgehead atoms. The van der Waals surface area contributed by atoms with Gasteiger partial charge in [0.25, 0.3) is 0 Å². The average molecular weight is 293 g/mol. The van der Waals surface area contributed by atoms with E-state index in [1.165, 1.54) is 0 Å². The Hall–Kier alpha value is -1.40. The summed E-state index contributed by atoms with van der Waals surface area (Å²) in [5.41, 5.74) is 0. The maximum absolute atomic E-state index is 11.7. The lowest BCUT2D eigenvalue weighted by atomic mass is 10.0. The van der Waals surface area contributed by atoms with Crippen LogP contribution in [0.5, 0.6) is 0 Å². The highest BCUT2D eigenvalue weighted by Gasteiger charge is 2.20. The standard InChI is InChI=1S/C15H27N5O/c1-18(2)15(21)12-19-9-4-14(5-10-19)17-6-3-8-20-11-7-16-13-20/h7,11,13-14,17H,3-6,8-10,12H2,1-2H3. The summed E-state index contributed by atoms with van der Waals surface area (Å²) in [6.45, 7) is 4.64. The summed E-state index contributed by atoms with van der Waals surface area (Å²) in [6, 6.07) is 0.596. The molecule has 2 heterocycles. The predicted octanol–water partition coefficient (Wildman–Crippen LogP) is 0.415. The third-order valence-electron chi connectivity index (χ3n) is 4.03. The van der Waals surface area contributed by atoms with Crippen molar-refractivity contribution in [3.05, 3.63) is 18.7 Å². The molecule has 1 saturated heterocycles. The number of likely N-dealkylation sites (tertiary alicyclic amines) is 1.